The summed E-state index contributed by atoms with van der Waals surface area (Å²) in [6.45, 7) is 2.11. The maximum Gasteiger partial charge on any atom is 0.144 e. The summed E-state index contributed by atoms with van der Waals surface area (Å²) in [4.78, 5) is 8.81. The summed E-state index contributed by atoms with van der Waals surface area (Å²) in [5.74, 6) is 0. The van der Waals surface area contributed by atoms with Crippen molar-refractivity contribution in [1.29, 1.82) is 0 Å². The largest absolute Gasteiger partial charge is 0.334 e. The second-order valence-corrected chi connectivity index (χ2v) is 5.95. The Hall–Kier alpha value is -1.68. The Bertz CT molecular complexity index is 744. The fraction of sp³-hybridized carbons (Fsp3) is 0.250. The topological polar surface area (TPSA) is 30.7 Å². The minimum Gasteiger partial charge on any atom is -0.334 e. The van der Waals surface area contributed by atoms with Crippen molar-refractivity contribution in [3.05, 3.63) is 58.1 Å². The van der Waals surface area contributed by atoms with Crippen molar-refractivity contribution < 1.29 is 0 Å². The van der Waals surface area contributed by atoms with Gasteiger partial charge in [-0.1, -0.05) is 29.8 Å². The van der Waals surface area contributed by atoms with E-state index in [1.165, 1.54) is 11.1 Å². The molecular weight excluding hydrogens is 314 g/mol. The smallest absolute Gasteiger partial charge is 0.144 e. The standard InChI is InChI=1S/C16H16BrN3/c1-11-3-5-12(6-4-11)7-8-14-15-13(17)9-20(2)16(15)19-10-18-14/h3-6,9-10H,7-8H2,1-2H3. The van der Waals surface area contributed by atoms with Gasteiger partial charge in [-0.25, -0.2) is 9.97 Å². The molecule has 0 radical (unpaired) electrons. The zero-order chi connectivity index (χ0) is 14.1. The molecule has 2 aromatic heterocycles. The van der Waals surface area contributed by atoms with Crippen LogP contribution in [0.2, 0.25) is 0 Å². The molecule has 0 fully saturated rings. The van der Waals surface area contributed by atoms with Crippen molar-refractivity contribution in [2.75, 3.05) is 0 Å². The molecule has 0 unspecified atom stereocenters. The first-order valence-electron chi connectivity index (χ1n) is 6.65. The van der Waals surface area contributed by atoms with Gasteiger partial charge in [-0.15, -0.1) is 0 Å². The fourth-order valence-electron chi connectivity index (χ4n) is 2.43. The first-order chi connectivity index (χ1) is 9.65. The average molecular weight is 330 g/mol. The van der Waals surface area contributed by atoms with Crippen molar-refractivity contribution in [1.82, 2.24) is 14.5 Å². The van der Waals surface area contributed by atoms with E-state index < -0.39 is 0 Å². The molecule has 3 aromatic rings. The van der Waals surface area contributed by atoms with Crippen molar-refractivity contribution >= 4 is 27.0 Å². The number of aromatic nitrogens is 3. The third-order valence-corrected chi connectivity index (χ3v) is 4.16. The first kappa shape index (κ1) is 13.3. The normalized spacial score (nSPS) is 11.2. The Morgan fingerprint density at radius 3 is 2.60 bits per heavy atom. The lowest BCUT2D eigenvalue weighted by atomic mass is 10.1. The molecule has 0 atom stereocenters. The summed E-state index contributed by atoms with van der Waals surface area (Å²) in [7, 11) is 2.00. The lowest BCUT2D eigenvalue weighted by Crippen LogP contribution is -1.98. The van der Waals surface area contributed by atoms with Crippen molar-refractivity contribution in [3.8, 4) is 0 Å². The molecular formula is C16H16BrN3. The summed E-state index contributed by atoms with van der Waals surface area (Å²) < 4.78 is 3.09. The molecule has 0 aliphatic carbocycles. The van der Waals surface area contributed by atoms with Gasteiger partial charge in [0.1, 0.15) is 12.0 Å². The van der Waals surface area contributed by atoms with Crippen LogP contribution in [0, 0.1) is 6.92 Å². The number of halogens is 1. The van der Waals surface area contributed by atoms with Crippen LogP contribution in [0.5, 0.6) is 0 Å². The number of hydrogen-bond donors (Lipinski definition) is 0. The van der Waals surface area contributed by atoms with Gasteiger partial charge in [-0.2, -0.15) is 0 Å². The van der Waals surface area contributed by atoms with Gasteiger partial charge in [-0.05, 0) is 41.3 Å². The van der Waals surface area contributed by atoms with Gasteiger partial charge in [0, 0.05) is 17.7 Å². The molecule has 0 N–H and O–H groups in total. The van der Waals surface area contributed by atoms with Crippen LogP contribution in [0.25, 0.3) is 11.0 Å². The lowest BCUT2D eigenvalue weighted by Gasteiger charge is -2.04. The second-order valence-electron chi connectivity index (χ2n) is 5.09. The molecule has 0 aliphatic rings. The van der Waals surface area contributed by atoms with Crippen LogP contribution in [0.4, 0.5) is 0 Å². The average Bonchev–Trinajstić information content (AvgIpc) is 2.74. The van der Waals surface area contributed by atoms with Gasteiger partial charge in [-0.3, -0.25) is 0 Å². The van der Waals surface area contributed by atoms with Gasteiger partial charge in [0.05, 0.1) is 11.1 Å². The third-order valence-electron chi connectivity index (χ3n) is 3.56. The highest BCUT2D eigenvalue weighted by molar-refractivity contribution is 9.10. The highest BCUT2D eigenvalue weighted by Gasteiger charge is 2.11. The van der Waals surface area contributed by atoms with Crippen LogP contribution in [-0.4, -0.2) is 14.5 Å². The SMILES string of the molecule is Cc1ccc(CCc2ncnc3c2c(Br)cn3C)cc1. The predicted octanol–water partition coefficient (Wildman–Crippen LogP) is 3.82. The highest BCUT2D eigenvalue weighted by atomic mass is 79.9. The van der Waals surface area contributed by atoms with Crippen LogP contribution >= 0.6 is 15.9 Å². The van der Waals surface area contributed by atoms with E-state index in [1.54, 1.807) is 6.33 Å². The Morgan fingerprint density at radius 2 is 1.85 bits per heavy atom. The van der Waals surface area contributed by atoms with E-state index in [0.29, 0.717) is 0 Å². The summed E-state index contributed by atoms with van der Waals surface area (Å²) in [6.07, 6.45) is 5.60. The Morgan fingerprint density at radius 1 is 1.10 bits per heavy atom. The minimum absolute atomic E-state index is 0.921. The molecule has 20 heavy (non-hydrogen) atoms. The number of fused-ring (bicyclic) bond motifs is 1. The molecule has 102 valence electrons. The number of benzene rings is 1. The van der Waals surface area contributed by atoms with Gasteiger partial charge >= 0.3 is 0 Å². The number of nitrogens with zero attached hydrogens (tertiary/aromatic N) is 3. The number of aryl methyl sites for hydroxylation is 4. The molecule has 0 amide bonds. The summed E-state index contributed by atoms with van der Waals surface area (Å²) in [6, 6.07) is 8.69. The van der Waals surface area contributed by atoms with Gasteiger partial charge in [0.25, 0.3) is 0 Å². The first-order valence-corrected chi connectivity index (χ1v) is 7.44. The molecule has 0 spiro atoms. The molecule has 3 nitrogen and oxygen atoms in total. The van der Waals surface area contributed by atoms with Crippen LogP contribution in [0.15, 0.2) is 41.3 Å². The van der Waals surface area contributed by atoms with Crippen LogP contribution in [0.3, 0.4) is 0 Å². The maximum absolute atomic E-state index is 4.46. The molecule has 1 aromatic carbocycles. The van der Waals surface area contributed by atoms with E-state index in [9.17, 15) is 0 Å². The molecule has 0 saturated heterocycles. The Balaban J connectivity index is 1.89. The van der Waals surface area contributed by atoms with E-state index in [-0.39, 0.29) is 0 Å². The van der Waals surface area contributed by atoms with Gasteiger partial charge in [0.15, 0.2) is 0 Å². The summed E-state index contributed by atoms with van der Waals surface area (Å²) in [5.41, 5.74) is 4.72. The summed E-state index contributed by atoms with van der Waals surface area (Å²) >= 11 is 3.60. The molecule has 0 aliphatic heterocycles. The van der Waals surface area contributed by atoms with Crippen LogP contribution in [0.1, 0.15) is 16.8 Å². The molecule has 3 rings (SSSR count). The quantitative estimate of drug-likeness (QED) is 0.731. The minimum atomic E-state index is 0.921. The van der Waals surface area contributed by atoms with Crippen molar-refractivity contribution in [2.24, 2.45) is 7.05 Å². The zero-order valence-electron chi connectivity index (χ0n) is 11.6. The number of hydrogen-bond acceptors (Lipinski definition) is 2. The van der Waals surface area contributed by atoms with E-state index in [2.05, 4.69) is 57.1 Å². The van der Waals surface area contributed by atoms with Crippen LogP contribution < -0.4 is 0 Å². The van der Waals surface area contributed by atoms with Crippen molar-refractivity contribution in [3.63, 3.8) is 0 Å². The molecule has 2 heterocycles. The van der Waals surface area contributed by atoms with E-state index in [1.807, 2.05) is 17.8 Å². The molecule has 0 saturated carbocycles. The lowest BCUT2D eigenvalue weighted by molar-refractivity contribution is 0.903. The van der Waals surface area contributed by atoms with E-state index >= 15 is 0 Å². The number of rotatable bonds is 3. The zero-order valence-corrected chi connectivity index (χ0v) is 13.2. The highest BCUT2D eigenvalue weighted by Crippen LogP contribution is 2.26. The Labute approximate surface area is 126 Å². The van der Waals surface area contributed by atoms with Gasteiger partial charge in [0.2, 0.25) is 0 Å². The monoisotopic (exact) mass is 329 g/mol. The predicted molar refractivity (Wildman–Crippen MR) is 84.8 cm³/mol. The Kier molecular flexibility index (Phi) is 3.57. The summed E-state index contributed by atoms with van der Waals surface area (Å²) in [5, 5.41) is 1.13. The van der Waals surface area contributed by atoms with E-state index in [0.717, 1.165) is 34.0 Å². The maximum atomic E-state index is 4.46. The van der Waals surface area contributed by atoms with E-state index in [4.69, 9.17) is 0 Å². The molecule has 4 heteroatoms. The fourth-order valence-corrected chi connectivity index (χ4v) is 3.14. The van der Waals surface area contributed by atoms with Gasteiger partial charge < -0.3 is 4.57 Å². The van der Waals surface area contributed by atoms with Crippen molar-refractivity contribution in [2.45, 2.75) is 19.8 Å². The van der Waals surface area contributed by atoms with Crippen LogP contribution in [-0.2, 0) is 19.9 Å². The third kappa shape index (κ3) is 2.48. The molecule has 0 bridgehead atoms. The second kappa shape index (κ2) is 5.37.